The fraction of sp³-hybridized carbons (Fsp3) is 0.444. The van der Waals surface area contributed by atoms with Crippen molar-refractivity contribution in [1.29, 1.82) is 0 Å². The van der Waals surface area contributed by atoms with Crippen molar-refractivity contribution in [3.8, 4) is 0 Å². The van der Waals surface area contributed by atoms with E-state index in [0.29, 0.717) is 15.8 Å². The maximum Gasteiger partial charge on any atom is 0.186 e. The van der Waals surface area contributed by atoms with E-state index in [1.54, 1.807) is 0 Å². The summed E-state index contributed by atoms with van der Waals surface area (Å²) in [5.74, 6) is 3.18. The molecule has 1 fully saturated rings. The van der Waals surface area contributed by atoms with Crippen LogP contribution in [0.25, 0.3) is 0 Å². The van der Waals surface area contributed by atoms with Crippen LogP contribution < -0.4 is 5.73 Å². The molecule has 0 radical (unpaired) electrons. The molecular formula is C9H13N2S2+. The highest BCUT2D eigenvalue weighted by Gasteiger charge is 2.36. The van der Waals surface area contributed by atoms with Gasteiger partial charge >= 0.3 is 0 Å². The van der Waals surface area contributed by atoms with E-state index in [4.69, 9.17) is 5.73 Å². The van der Waals surface area contributed by atoms with Gasteiger partial charge in [-0.1, -0.05) is 0 Å². The Bertz CT molecular complexity index is 266. The summed E-state index contributed by atoms with van der Waals surface area (Å²) in [6, 6.07) is 4.18. The molecule has 4 heteroatoms. The zero-order valence-corrected chi connectivity index (χ0v) is 8.98. The average molecular weight is 213 g/mol. The molecule has 70 valence electrons. The van der Waals surface area contributed by atoms with E-state index < -0.39 is 0 Å². The predicted molar refractivity (Wildman–Crippen MR) is 59.7 cm³/mol. The summed E-state index contributed by atoms with van der Waals surface area (Å²) < 4.78 is 0. The first kappa shape index (κ1) is 9.37. The zero-order valence-electron chi connectivity index (χ0n) is 7.35. The number of nitrogens with zero attached hydrogens (tertiary/aromatic N) is 1. The summed E-state index contributed by atoms with van der Waals surface area (Å²) in [5, 5.41) is 0. The van der Waals surface area contributed by atoms with Crippen LogP contribution in [0.3, 0.4) is 0 Å². The van der Waals surface area contributed by atoms with Crippen LogP contribution in [-0.4, -0.2) is 23.0 Å². The molecule has 2 N–H and O–H groups in total. The number of pyridine rings is 1. The first-order valence-electron chi connectivity index (χ1n) is 4.34. The van der Waals surface area contributed by atoms with Gasteiger partial charge in [0.05, 0.1) is 32.7 Å². The molecule has 1 saturated heterocycles. The van der Waals surface area contributed by atoms with E-state index >= 15 is 0 Å². The fourth-order valence-corrected chi connectivity index (χ4v) is 6.19. The molecule has 0 spiro atoms. The third-order valence-corrected chi connectivity index (χ3v) is 6.74. The number of hydrogen-bond donors (Lipinski definition) is 1. The quantitative estimate of drug-likeness (QED) is 0.594. The summed E-state index contributed by atoms with van der Waals surface area (Å²) in [7, 11) is 2.39. The lowest BCUT2D eigenvalue weighted by Crippen LogP contribution is -2.17. The molecule has 0 amide bonds. The van der Waals surface area contributed by atoms with Gasteiger partial charge in [0, 0.05) is 18.7 Å². The largest absolute Gasteiger partial charge is 0.330 e. The minimum Gasteiger partial charge on any atom is -0.330 e. The molecule has 13 heavy (non-hydrogen) atoms. The molecule has 0 saturated carbocycles. The van der Waals surface area contributed by atoms with Gasteiger partial charge in [0.1, 0.15) is 5.75 Å². The highest BCUT2D eigenvalue weighted by Crippen LogP contribution is 2.35. The molecule has 1 aliphatic rings. The normalized spacial score (nSPS) is 27.8. The SMILES string of the molecule is NCC1CS[S+](c2cccnc2)C1. The lowest BCUT2D eigenvalue weighted by atomic mass is 10.2. The van der Waals surface area contributed by atoms with Crippen LogP contribution in [0.4, 0.5) is 0 Å². The van der Waals surface area contributed by atoms with Crippen LogP contribution in [-0.2, 0) is 9.93 Å². The maximum absolute atomic E-state index is 5.65. The number of nitrogens with two attached hydrogens (primary N) is 1. The Morgan fingerprint density at radius 3 is 3.23 bits per heavy atom. The van der Waals surface area contributed by atoms with E-state index in [9.17, 15) is 0 Å². The zero-order chi connectivity index (χ0) is 9.10. The van der Waals surface area contributed by atoms with E-state index in [0.717, 1.165) is 6.54 Å². The van der Waals surface area contributed by atoms with Crippen LogP contribution in [0.2, 0.25) is 0 Å². The van der Waals surface area contributed by atoms with E-state index in [-0.39, 0.29) is 0 Å². The van der Waals surface area contributed by atoms with Crippen LogP contribution in [0.5, 0.6) is 0 Å². The Kier molecular flexibility index (Phi) is 3.14. The molecule has 1 aliphatic heterocycles. The molecule has 2 rings (SSSR count). The monoisotopic (exact) mass is 213 g/mol. The van der Waals surface area contributed by atoms with Crippen molar-refractivity contribution in [1.82, 2.24) is 4.98 Å². The van der Waals surface area contributed by atoms with Crippen LogP contribution in [0, 0.1) is 5.92 Å². The van der Waals surface area contributed by atoms with Gasteiger partial charge in [-0.25, -0.2) is 0 Å². The van der Waals surface area contributed by atoms with Crippen molar-refractivity contribution in [2.45, 2.75) is 4.90 Å². The standard InChI is InChI=1S/C9H13N2S2/c10-4-8-6-12-13(7-8)9-2-1-3-11-5-9/h1-3,5,8H,4,6-7,10H2/q+1. The minimum absolute atomic E-state index is 0.354. The molecule has 1 aromatic rings. The molecule has 2 atom stereocenters. The first-order valence-corrected chi connectivity index (χ1v) is 7.24. The Morgan fingerprint density at radius 2 is 2.62 bits per heavy atom. The van der Waals surface area contributed by atoms with Crippen molar-refractivity contribution >= 4 is 20.7 Å². The van der Waals surface area contributed by atoms with Gasteiger partial charge in [-0.15, -0.1) is 0 Å². The molecule has 1 aromatic heterocycles. The van der Waals surface area contributed by atoms with E-state index in [1.165, 1.54) is 16.4 Å². The number of hydrogen-bond acceptors (Lipinski definition) is 3. The molecular weight excluding hydrogens is 200 g/mol. The smallest absolute Gasteiger partial charge is 0.186 e. The molecule has 2 nitrogen and oxygen atoms in total. The summed E-state index contributed by atoms with van der Waals surface area (Å²) in [6.45, 7) is 0.830. The van der Waals surface area contributed by atoms with E-state index in [1.807, 2.05) is 29.3 Å². The third-order valence-electron chi connectivity index (χ3n) is 2.06. The highest BCUT2D eigenvalue weighted by atomic mass is 33.1. The fourth-order valence-electron chi connectivity index (χ4n) is 1.27. The Morgan fingerprint density at radius 1 is 1.69 bits per heavy atom. The molecule has 0 bridgehead atoms. The minimum atomic E-state index is 0.354. The lowest BCUT2D eigenvalue weighted by Gasteiger charge is -1.98. The van der Waals surface area contributed by atoms with Crippen LogP contribution >= 0.6 is 10.8 Å². The van der Waals surface area contributed by atoms with Gasteiger partial charge in [0.25, 0.3) is 0 Å². The Hall–Kier alpha value is -0.190. The van der Waals surface area contributed by atoms with Crippen molar-refractivity contribution in [2.24, 2.45) is 11.7 Å². The molecule has 2 heterocycles. The number of rotatable bonds is 2. The second-order valence-corrected chi connectivity index (χ2v) is 7.07. The summed E-state index contributed by atoms with van der Waals surface area (Å²) in [6.07, 6.45) is 3.81. The van der Waals surface area contributed by atoms with Gasteiger partial charge < -0.3 is 5.73 Å². The molecule has 2 unspecified atom stereocenters. The van der Waals surface area contributed by atoms with Crippen molar-refractivity contribution < 1.29 is 0 Å². The summed E-state index contributed by atoms with van der Waals surface area (Å²) in [4.78, 5) is 5.52. The lowest BCUT2D eigenvalue weighted by molar-refractivity contribution is 0.693. The van der Waals surface area contributed by atoms with Gasteiger partial charge in [0.2, 0.25) is 0 Å². The van der Waals surface area contributed by atoms with Gasteiger partial charge in [0.15, 0.2) is 4.90 Å². The van der Waals surface area contributed by atoms with Crippen LogP contribution in [0.15, 0.2) is 29.4 Å². The Labute approximate surface area is 85.1 Å². The Balaban J connectivity index is 2.04. The average Bonchev–Trinajstić information content (AvgIpc) is 2.67. The maximum atomic E-state index is 5.65. The second-order valence-electron chi connectivity index (χ2n) is 3.09. The first-order chi connectivity index (χ1) is 6.40. The second kappa shape index (κ2) is 4.35. The van der Waals surface area contributed by atoms with E-state index in [2.05, 4.69) is 11.1 Å². The highest BCUT2D eigenvalue weighted by molar-refractivity contribution is 8.74. The van der Waals surface area contributed by atoms with Crippen molar-refractivity contribution in [2.75, 3.05) is 18.1 Å². The van der Waals surface area contributed by atoms with Crippen molar-refractivity contribution in [3.63, 3.8) is 0 Å². The van der Waals surface area contributed by atoms with Gasteiger partial charge in [-0.3, -0.25) is 4.98 Å². The van der Waals surface area contributed by atoms with Crippen molar-refractivity contribution in [3.05, 3.63) is 24.5 Å². The topological polar surface area (TPSA) is 38.9 Å². The summed E-state index contributed by atoms with van der Waals surface area (Å²) >= 11 is 0. The predicted octanol–water partition coefficient (Wildman–Crippen LogP) is 1.30. The third kappa shape index (κ3) is 2.18. The van der Waals surface area contributed by atoms with Gasteiger partial charge in [-0.05, 0) is 12.1 Å². The van der Waals surface area contributed by atoms with Gasteiger partial charge in [-0.2, -0.15) is 0 Å². The number of aromatic nitrogens is 1. The molecule has 0 aromatic carbocycles. The molecule has 0 aliphatic carbocycles. The summed E-state index contributed by atoms with van der Waals surface area (Å²) in [5.41, 5.74) is 5.65. The van der Waals surface area contributed by atoms with Crippen LogP contribution in [0.1, 0.15) is 0 Å².